The number of hydrogen-bond acceptors (Lipinski definition) is 3. The molecule has 110 valence electrons. The summed E-state index contributed by atoms with van der Waals surface area (Å²) in [5.41, 5.74) is -0.302. The van der Waals surface area contributed by atoms with Crippen LogP contribution in [-0.4, -0.2) is 28.1 Å². The average Bonchev–Trinajstić information content (AvgIpc) is 2.34. The second kappa shape index (κ2) is 6.36. The topological polar surface area (TPSA) is 88.4 Å². The lowest BCUT2D eigenvalue weighted by atomic mass is 9.92. The summed E-state index contributed by atoms with van der Waals surface area (Å²) >= 11 is 0. The van der Waals surface area contributed by atoms with Crippen LogP contribution in [0.25, 0.3) is 0 Å². The van der Waals surface area contributed by atoms with Crippen LogP contribution in [0.15, 0.2) is 23.1 Å². The Hall–Kier alpha value is -2.11. The third-order valence-corrected chi connectivity index (χ3v) is 3.02. The van der Waals surface area contributed by atoms with E-state index in [2.05, 4.69) is 5.32 Å². The molecule has 0 atom stereocenters. The van der Waals surface area contributed by atoms with Gasteiger partial charge in [0.25, 0.3) is 5.56 Å². The number of carboxylic acid groups (broad SMARTS) is 1. The number of carboxylic acids is 1. The SMILES string of the molecule is Cc1cccn(CC(C)(C)C(=O)NCCC(=O)O)c1=O. The van der Waals surface area contributed by atoms with Gasteiger partial charge in [0.2, 0.25) is 5.91 Å². The van der Waals surface area contributed by atoms with E-state index in [1.165, 1.54) is 4.57 Å². The van der Waals surface area contributed by atoms with E-state index < -0.39 is 11.4 Å². The molecule has 0 saturated carbocycles. The third-order valence-electron chi connectivity index (χ3n) is 3.02. The van der Waals surface area contributed by atoms with Crippen LogP contribution in [0.1, 0.15) is 25.8 Å². The Kier molecular flexibility index (Phi) is 5.07. The second-order valence-electron chi connectivity index (χ2n) is 5.41. The Morgan fingerprint density at radius 2 is 2.05 bits per heavy atom. The summed E-state index contributed by atoms with van der Waals surface area (Å²) < 4.78 is 1.49. The summed E-state index contributed by atoms with van der Waals surface area (Å²) in [6.07, 6.45) is 1.52. The Bertz CT molecular complexity index is 561. The van der Waals surface area contributed by atoms with Crippen LogP contribution in [0.3, 0.4) is 0 Å². The summed E-state index contributed by atoms with van der Waals surface area (Å²) in [5, 5.41) is 11.1. The molecule has 6 nitrogen and oxygen atoms in total. The summed E-state index contributed by atoms with van der Waals surface area (Å²) in [4.78, 5) is 34.4. The van der Waals surface area contributed by atoms with Gasteiger partial charge in [0, 0.05) is 24.8 Å². The molecule has 1 aromatic heterocycles. The van der Waals surface area contributed by atoms with Crippen molar-refractivity contribution in [2.24, 2.45) is 5.41 Å². The zero-order valence-electron chi connectivity index (χ0n) is 12.0. The zero-order chi connectivity index (χ0) is 15.3. The van der Waals surface area contributed by atoms with Crippen molar-refractivity contribution < 1.29 is 14.7 Å². The minimum atomic E-state index is -0.960. The van der Waals surface area contributed by atoms with Crippen LogP contribution in [0.4, 0.5) is 0 Å². The van der Waals surface area contributed by atoms with E-state index in [9.17, 15) is 14.4 Å². The van der Waals surface area contributed by atoms with Gasteiger partial charge in [0.15, 0.2) is 0 Å². The molecule has 0 aliphatic rings. The lowest BCUT2D eigenvalue weighted by Crippen LogP contribution is -2.42. The first-order valence-electron chi connectivity index (χ1n) is 6.40. The Balaban J connectivity index is 2.73. The minimum Gasteiger partial charge on any atom is -0.481 e. The number of pyridine rings is 1. The highest BCUT2D eigenvalue weighted by atomic mass is 16.4. The predicted molar refractivity (Wildman–Crippen MR) is 74.5 cm³/mol. The van der Waals surface area contributed by atoms with E-state index in [4.69, 9.17) is 5.11 Å². The van der Waals surface area contributed by atoms with Crippen molar-refractivity contribution in [3.63, 3.8) is 0 Å². The number of carbonyl (C=O) groups excluding carboxylic acids is 1. The third kappa shape index (κ3) is 4.22. The number of rotatable bonds is 6. The normalized spacial score (nSPS) is 11.2. The van der Waals surface area contributed by atoms with Crippen LogP contribution in [0.5, 0.6) is 0 Å². The van der Waals surface area contributed by atoms with Gasteiger partial charge in [0.1, 0.15) is 0 Å². The first kappa shape index (κ1) is 15.9. The number of nitrogens with zero attached hydrogens (tertiary/aromatic N) is 1. The molecular formula is C14H20N2O4. The van der Waals surface area contributed by atoms with Crippen molar-refractivity contribution in [3.8, 4) is 0 Å². The van der Waals surface area contributed by atoms with E-state index in [0.717, 1.165) is 0 Å². The minimum absolute atomic E-state index is 0.0836. The molecule has 0 bridgehead atoms. The molecule has 1 amide bonds. The number of carbonyl (C=O) groups is 2. The molecule has 0 saturated heterocycles. The molecule has 0 fully saturated rings. The maximum atomic E-state index is 12.0. The van der Waals surface area contributed by atoms with E-state index >= 15 is 0 Å². The van der Waals surface area contributed by atoms with Gasteiger partial charge < -0.3 is 15.0 Å². The van der Waals surface area contributed by atoms with Crippen molar-refractivity contribution in [1.29, 1.82) is 0 Å². The van der Waals surface area contributed by atoms with Crippen molar-refractivity contribution in [2.45, 2.75) is 33.7 Å². The number of hydrogen-bond donors (Lipinski definition) is 2. The lowest BCUT2D eigenvalue weighted by molar-refractivity contribution is -0.137. The van der Waals surface area contributed by atoms with E-state index in [1.54, 1.807) is 39.1 Å². The van der Waals surface area contributed by atoms with Gasteiger partial charge in [-0.2, -0.15) is 0 Å². The summed E-state index contributed by atoms with van der Waals surface area (Å²) in [7, 11) is 0. The molecule has 1 aromatic rings. The quantitative estimate of drug-likeness (QED) is 0.805. The molecule has 0 aliphatic heterocycles. The second-order valence-corrected chi connectivity index (χ2v) is 5.41. The molecule has 0 radical (unpaired) electrons. The largest absolute Gasteiger partial charge is 0.481 e. The first-order chi connectivity index (χ1) is 9.24. The van der Waals surface area contributed by atoms with Crippen molar-refractivity contribution in [3.05, 3.63) is 34.2 Å². The maximum absolute atomic E-state index is 12.0. The van der Waals surface area contributed by atoms with Crippen molar-refractivity contribution in [1.82, 2.24) is 9.88 Å². The number of nitrogens with one attached hydrogen (secondary N) is 1. The highest BCUT2D eigenvalue weighted by molar-refractivity contribution is 5.82. The first-order valence-corrected chi connectivity index (χ1v) is 6.40. The van der Waals surface area contributed by atoms with Gasteiger partial charge in [-0.05, 0) is 26.8 Å². The Labute approximate surface area is 117 Å². The van der Waals surface area contributed by atoms with Crippen molar-refractivity contribution >= 4 is 11.9 Å². The zero-order valence-corrected chi connectivity index (χ0v) is 12.0. The van der Waals surface area contributed by atoms with Gasteiger partial charge in [-0.1, -0.05) is 6.07 Å². The predicted octanol–water partition coefficient (Wildman–Crippen LogP) is 0.774. The van der Waals surface area contributed by atoms with Crippen LogP contribution >= 0.6 is 0 Å². The van der Waals surface area contributed by atoms with Crippen LogP contribution < -0.4 is 10.9 Å². The Morgan fingerprint density at radius 3 is 2.65 bits per heavy atom. The standard InChI is InChI=1S/C14H20N2O4/c1-10-5-4-8-16(12(10)19)9-14(2,3)13(20)15-7-6-11(17)18/h4-5,8H,6-7,9H2,1-3H3,(H,15,20)(H,17,18). The highest BCUT2D eigenvalue weighted by Crippen LogP contribution is 2.17. The molecule has 2 N–H and O–H groups in total. The highest BCUT2D eigenvalue weighted by Gasteiger charge is 2.28. The van der Waals surface area contributed by atoms with E-state index in [0.29, 0.717) is 5.56 Å². The van der Waals surface area contributed by atoms with Crippen LogP contribution in [0, 0.1) is 12.3 Å². The molecule has 1 rings (SSSR count). The van der Waals surface area contributed by atoms with Crippen molar-refractivity contribution in [2.75, 3.05) is 6.54 Å². The van der Waals surface area contributed by atoms with Crippen LogP contribution in [-0.2, 0) is 16.1 Å². The molecule has 0 spiro atoms. The molecular weight excluding hydrogens is 260 g/mol. The number of aliphatic carboxylic acids is 1. The number of aryl methyl sites for hydroxylation is 1. The number of amides is 1. The average molecular weight is 280 g/mol. The summed E-state index contributed by atoms with van der Waals surface area (Å²) in [5.74, 6) is -1.23. The van der Waals surface area contributed by atoms with Gasteiger partial charge in [-0.3, -0.25) is 14.4 Å². The molecule has 0 aliphatic carbocycles. The fraction of sp³-hybridized carbons (Fsp3) is 0.500. The number of aromatic nitrogens is 1. The van der Waals surface area contributed by atoms with Gasteiger partial charge in [0.05, 0.1) is 11.8 Å². The monoisotopic (exact) mass is 280 g/mol. The maximum Gasteiger partial charge on any atom is 0.305 e. The van der Waals surface area contributed by atoms with Gasteiger partial charge in [-0.15, -0.1) is 0 Å². The fourth-order valence-corrected chi connectivity index (χ4v) is 1.80. The smallest absolute Gasteiger partial charge is 0.305 e. The fourth-order valence-electron chi connectivity index (χ4n) is 1.80. The van der Waals surface area contributed by atoms with Gasteiger partial charge >= 0.3 is 5.97 Å². The summed E-state index contributed by atoms with van der Waals surface area (Å²) in [6, 6.07) is 3.48. The molecule has 0 unspecified atom stereocenters. The molecule has 1 heterocycles. The Morgan fingerprint density at radius 1 is 1.40 bits per heavy atom. The van der Waals surface area contributed by atoms with Gasteiger partial charge in [-0.25, -0.2) is 0 Å². The lowest BCUT2D eigenvalue weighted by Gasteiger charge is -2.24. The van der Waals surface area contributed by atoms with E-state index in [1.807, 2.05) is 0 Å². The molecule has 20 heavy (non-hydrogen) atoms. The molecule has 6 heteroatoms. The van der Waals surface area contributed by atoms with Crippen LogP contribution in [0.2, 0.25) is 0 Å². The molecule has 0 aromatic carbocycles. The van der Waals surface area contributed by atoms with E-state index in [-0.39, 0.29) is 31.0 Å². The summed E-state index contributed by atoms with van der Waals surface area (Å²) in [6.45, 7) is 5.49.